The Bertz CT molecular complexity index is 487. The summed E-state index contributed by atoms with van der Waals surface area (Å²) in [5, 5.41) is 12.1. The van der Waals surface area contributed by atoms with Gasteiger partial charge in [0, 0.05) is 19.8 Å². The molecular weight excluding hydrogens is 230 g/mol. The summed E-state index contributed by atoms with van der Waals surface area (Å²) in [6.45, 7) is 0. The minimum absolute atomic E-state index is 0.0636. The maximum absolute atomic E-state index is 11.5. The van der Waals surface area contributed by atoms with E-state index in [-0.39, 0.29) is 5.57 Å². The molecule has 0 saturated carbocycles. The number of carbonyl (C=O) groups is 1. The molecule has 0 atom stereocenters. The Labute approximate surface area is 106 Å². The molecule has 0 fully saturated rings. The van der Waals surface area contributed by atoms with E-state index in [1.807, 2.05) is 36.4 Å². The summed E-state index contributed by atoms with van der Waals surface area (Å²) in [4.78, 5) is 13.2. The summed E-state index contributed by atoms with van der Waals surface area (Å²) in [5.41, 5.74) is 0.726. The van der Waals surface area contributed by atoms with Gasteiger partial charge in [-0.2, -0.15) is 5.26 Å². The fourth-order valence-corrected chi connectivity index (χ4v) is 1.35. The molecule has 0 radical (unpaired) electrons. The predicted molar refractivity (Wildman–Crippen MR) is 68.4 cm³/mol. The molecule has 0 aliphatic rings. The van der Waals surface area contributed by atoms with E-state index in [1.54, 1.807) is 19.0 Å². The van der Waals surface area contributed by atoms with Crippen molar-refractivity contribution in [2.45, 2.75) is 0 Å². The first-order valence-electron chi connectivity index (χ1n) is 5.32. The molecule has 1 aromatic carbocycles. The van der Waals surface area contributed by atoms with Crippen LogP contribution >= 0.6 is 0 Å². The number of rotatable bonds is 4. The highest BCUT2D eigenvalue weighted by Gasteiger charge is 2.17. The van der Waals surface area contributed by atoms with E-state index in [0.29, 0.717) is 5.82 Å². The second-order valence-corrected chi connectivity index (χ2v) is 3.71. The van der Waals surface area contributed by atoms with Crippen LogP contribution in [0.5, 0.6) is 0 Å². The van der Waals surface area contributed by atoms with Crippen LogP contribution in [-0.2, 0) is 9.53 Å². The molecule has 1 aromatic rings. The molecule has 0 bridgehead atoms. The Hall–Kier alpha value is -2.48. The lowest BCUT2D eigenvalue weighted by Gasteiger charge is -2.20. The highest BCUT2D eigenvalue weighted by atomic mass is 16.5. The molecule has 0 aromatic heterocycles. The third kappa shape index (κ3) is 3.25. The highest BCUT2D eigenvalue weighted by Crippen LogP contribution is 2.14. The van der Waals surface area contributed by atoms with Crippen LogP contribution in [0.1, 0.15) is 0 Å². The Morgan fingerprint density at radius 2 is 1.94 bits per heavy atom. The average molecular weight is 245 g/mol. The number of nitrogens with one attached hydrogen (secondary N) is 1. The van der Waals surface area contributed by atoms with Crippen molar-refractivity contribution in [2.24, 2.45) is 0 Å². The smallest absolute Gasteiger partial charge is 0.352 e. The number of methoxy groups -OCH3 is 1. The molecule has 5 heteroatoms. The van der Waals surface area contributed by atoms with Gasteiger partial charge in [-0.05, 0) is 12.1 Å². The van der Waals surface area contributed by atoms with Crippen molar-refractivity contribution in [3.05, 3.63) is 41.7 Å². The van der Waals surface area contributed by atoms with E-state index >= 15 is 0 Å². The van der Waals surface area contributed by atoms with Crippen molar-refractivity contribution in [3.8, 4) is 6.07 Å². The molecule has 1 rings (SSSR count). The Balaban J connectivity index is 3.14. The number of hydrogen-bond acceptors (Lipinski definition) is 5. The number of nitrogens with zero attached hydrogens (tertiary/aromatic N) is 2. The lowest BCUT2D eigenvalue weighted by Crippen LogP contribution is -2.23. The van der Waals surface area contributed by atoms with Crippen LogP contribution in [0, 0.1) is 11.3 Å². The van der Waals surface area contributed by atoms with E-state index in [0.717, 1.165) is 5.69 Å². The molecule has 0 amide bonds. The van der Waals surface area contributed by atoms with Crippen LogP contribution in [0.2, 0.25) is 0 Å². The van der Waals surface area contributed by atoms with Gasteiger partial charge in [-0.25, -0.2) is 4.79 Å². The first-order valence-corrected chi connectivity index (χ1v) is 5.32. The van der Waals surface area contributed by atoms with Crippen molar-refractivity contribution in [2.75, 3.05) is 26.5 Å². The second kappa shape index (κ2) is 6.30. The normalized spacial score (nSPS) is 11.0. The number of benzene rings is 1. The maximum Gasteiger partial charge on any atom is 0.352 e. The Morgan fingerprint density at radius 3 is 2.39 bits per heavy atom. The molecule has 5 nitrogen and oxygen atoms in total. The molecule has 18 heavy (non-hydrogen) atoms. The van der Waals surface area contributed by atoms with Crippen molar-refractivity contribution in [3.63, 3.8) is 0 Å². The zero-order valence-corrected chi connectivity index (χ0v) is 10.6. The maximum atomic E-state index is 11.5. The number of para-hydroxylation sites is 1. The third-order valence-corrected chi connectivity index (χ3v) is 2.22. The number of ether oxygens (including phenoxy) is 1. The minimum atomic E-state index is -0.662. The van der Waals surface area contributed by atoms with E-state index in [2.05, 4.69) is 10.1 Å². The zero-order valence-electron chi connectivity index (χ0n) is 10.6. The largest absolute Gasteiger partial charge is 0.465 e. The lowest BCUT2D eigenvalue weighted by molar-refractivity contribution is -0.135. The van der Waals surface area contributed by atoms with Crippen LogP contribution in [-0.4, -0.2) is 32.1 Å². The summed E-state index contributed by atoms with van der Waals surface area (Å²) >= 11 is 0. The minimum Gasteiger partial charge on any atom is -0.465 e. The van der Waals surface area contributed by atoms with Gasteiger partial charge in [0.05, 0.1) is 7.11 Å². The van der Waals surface area contributed by atoms with Crippen molar-refractivity contribution in [1.82, 2.24) is 4.90 Å². The Morgan fingerprint density at radius 1 is 1.33 bits per heavy atom. The molecule has 0 unspecified atom stereocenters. The van der Waals surface area contributed by atoms with Crippen LogP contribution in [0.4, 0.5) is 5.69 Å². The van der Waals surface area contributed by atoms with E-state index in [1.165, 1.54) is 7.11 Å². The van der Waals surface area contributed by atoms with Crippen LogP contribution in [0.3, 0.4) is 0 Å². The average Bonchev–Trinajstić information content (AvgIpc) is 2.39. The summed E-state index contributed by atoms with van der Waals surface area (Å²) in [7, 11) is 4.73. The molecule has 94 valence electrons. The first-order chi connectivity index (χ1) is 8.60. The van der Waals surface area contributed by atoms with E-state index < -0.39 is 5.97 Å². The number of carbonyl (C=O) groups excluding carboxylic acids is 1. The summed E-state index contributed by atoms with van der Waals surface area (Å²) in [5.74, 6) is -0.264. The summed E-state index contributed by atoms with van der Waals surface area (Å²) in [6.07, 6.45) is 0. The van der Waals surface area contributed by atoms with Gasteiger partial charge in [-0.15, -0.1) is 0 Å². The third-order valence-electron chi connectivity index (χ3n) is 2.22. The van der Waals surface area contributed by atoms with Crippen LogP contribution in [0.15, 0.2) is 41.7 Å². The van der Waals surface area contributed by atoms with Gasteiger partial charge >= 0.3 is 5.97 Å². The quantitative estimate of drug-likeness (QED) is 0.495. The van der Waals surface area contributed by atoms with Crippen molar-refractivity contribution >= 4 is 11.7 Å². The molecule has 0 aliphatic heterocycles. The number of nitriles is 1. The SMILES string of the molecule is COC(=O)/C(C#N)=C(/Nc1ccccc1)N(C)C. The van der Waals surface area contributed by atoms with Gasteiger partial charge in [-0.1, -0.05) is 18.2 Å². The van der Waals surface area contributed by atoms with E-state index in [4.69, 9.17) is 5.26 Å². The molecule has 0 spiro atoms. The van der Waals surface area contributed by atoms with E-state index in [9.17, 15) is 4.79 Å². The summed E-state index contributed by atoms with van der Waals surface area (Å²) in [6, 6.07) is 11.1. The Kier molecular flexibility index (Phi) is 4.76. The van der Waals surface area contributed by atoms with Gasteiger partial charge in [0.1, 0.15) is 11.9 Å². The molecule has 0 aliphatic carbocycles. The highest BCUT2D eigenvalue weighted by molar-refractivity contribution is 5.94. The molecular formula is C13H15N3O2. The molecule has 0 saturated heterocycles. The predicted octanol–water partition coefficient (Wildman–Crippen LogP) is 1.57. The topological polar surface area (TPSA) is 65.4 Å². The van der Waals surface area contributed by atoms with Gasteiger partial charge in [0.25, 0.3) is 0 Å². The van der Waals surface area contributed by atoms with Gasteiger partial charge in [-0.3, -0.25) is 0 Å². The van der Waals surface area contributed by atoms with Crippen molar-refractivity contribution in [1.29, 1.82) is 5.26 Å². The number of hydrogen-bond donors (Lipinski definition) is 1. The van der Waals surface area contributed by atoms with Crippen LogP contribution < -0.4 is 5.32 Å². The molecule has 1 N–H and O–H groups in total. The van der Waals surface area contributed by atoms with Crippen molar-refractivity contribution < 1.29 is 9.53 Å². The summed E-state index contributed by atoms with van der Waals surface area (Å²) < 4.78 is 4.59. The fraction of sp³-hybridized carbons (Fsp3) is 0.231. The monoisotopic (exact) mass is 245 g/mol. The number of anilines is 1. The standard InChI is InChI=1S/C13H15N3O2/c1-16(2)12(11(9-14)13(17)18-3)15-10-7-5-4-6-8-10/h4-8,15H,1-3H3/b12-11-. The van der Waals surface area contributed by atoms with Gasteiger partial charge in [0.2, 0.25) is 0 Å². The van der Waals surface area contributed by atoms with Gasteiger partial charge < -0.3 is 15.0 Å². The lowest BCUT2D eigenvalue weighted by atomic mass is 10.2. The fourth-order valence-electron chi connectivity index (χ4n) is 1.35. The first kappa shape index (κ1) is 13.6. The second-order valence-electron chi connectivity index (χ2n) is 3.71. The number of esters is 1. The van der Waals surface area contributed by atoms with Crippen LogP contribution in [0.25, 0.3) is 0 Å². The van der Waals surface area contributed by atoms with Gasteiger partial charge in [0.15, 0.2) is 5.57 Å². The molecule has 0 heterocycles. The zero-order chi connectivity index (χ0) is 13.5.